The maximum Gasteiger partial charge on any atom is 0.246 e. The van der Waals surface area contributed by atoms with E-state index in [9.17, 15) is 9.59 Å². The second-order valence-electron chi connectivity index (χ2n) is 6.07. The van der Waals surface area contributed by atoms with Crippen LogP contribution in [0.1, 0.15) is 30.1 Å². The Labute approximate surface area is 147 Å². The molecule has 0 radical (unpaired) electrons. The molecule has 2 amide bonds. The summed E-state index contributed by atoms with van der Waals surface area (Å²) in [4.78, 5) is 24.0. The molecule has 2 aromatic carbocycles. The van der Waals surface area contributed by atoms with Crippen molar-refractivity contribution in [3.63, 3.8) is 0 Å². The maximum atomic E-state index is 12.2. The maximum absolute atomic E-state index is 12.2. The highest BCUT2D eigenvalue weighted by molar-refractivity contribution is 5.88. The molecule has 1 aliphatic rings. The van der Waals surface area contributed by atoms with E-state index in [-0.39, 0.29) is 24.5 Å². The molecule has 1 atom stereocenters. The summed E-state index contributed by atoms with van der Waals surface area (Å²) in [6.07, 6.45) is 1.21. The van der Waals surface area contributed by atoms with Gasteiger partial charge in [-0.1, -0.05) is 60.7 Å². The summed E-state index contributed by atoms with van der Waals surface area (Å²) in [5, 5.41) is 5.51. The Kier molecular flexibility index (Phi) is 5.80. The van der Waals surface area contributed by atoms with Gasteiger partial charge in [-0.25, -0.2) is 0 Å². The predicted octanol–water partition coefficient (Wildman–Crippen LogP) is 2.19. The van der Waals surface area contributed by atoms with Crippen molar-refractivity contribution in [2.24, 2.45) is 0 Å². The predicted molar refractivity (Wildman–Crippen MR) is 94.9 cm³/mol. The number of piperidine rings is 1. The van der Waals surface area contributed by atoms with Crippen LogP contribution in [0.2, 0.25) is 0 Å². The zero-order valence-electron chi connectivity index (χ0n) is 14.0. The molecule has 0 unspecified atom stereocenters. The van der Waals surface area contributed by atoms with Crippen LogP contribution in [-0.4, -0.2) is 31.0 Å². The van der Waals surface area contributed by atoms with Gasteiger partial charge < -0.3 is 15.4 Å². The number of ether oxygens (including phenoxy) is 1. The van der Waals surface area contributed by atoms with Gasteiger partial charge in [-0.2, -0.15) is 0 Å². The zero-order valence-corrected chi connectivity index (χ0v) is 14.0. The Hall–Kier alpha value is -2.66. The third kappa shape index (κ3) is 4.67. The molecular formula is C20H22N2O3. The Morgan fingerprint density at radius 3 is 2.24 bits per heavy atom. The first-order valence-electron chi connectivity index (χ1n) is 8.52. The lowest BCUT2D eigenvalue weighted by Gasteiger charge is -2.23. The molecule has 1 aliphatic heterocycles. The summed E-state index contributed by atoms with van der Waals surface area (Å²) >= 11 is 0. The van der Waals surface area contributed by atoms with Gasteiger partial charge in [0, 0.05) is 6.54 Å². The fourth-order valence-electron chi connectivity index (χ4n) is 2.95. The van der Waals surface area contributed by atoms with E-state index in [1.807, 2.05) is 60.7 Å². The van der Waals surface area contributed by atoms with Crippen molar-refractivity contribution < 1.29 is 14.3 Å². The van der Waals surface area contributed by atoms with E-state index < -0.39 is 6.04 Å². The van der Waals surface area contributed by atoms with Crippen LogP contribution in [0.4, 0.5) is 0 Å². The lowest BCUT2D eigenvalue weighted by Crippen LogP contribution is -2.51. The van der Waals surface area contributed by atoms with Crippen molar-refractivity contribution in [1.82, 2.24) is 10.6 Å². The monoisotopic (exact) mass is 338 g/mol. The van der Waals surface area contributed by atoms with E-state index in [0.717, 1.165) is 17.5 Å². The Morgan fingerprint density at radius 1 is 1.08 bits per heavy atom. The lowest BCUT2D eigenvalue weighted by atomic mass is 10.0. The number of carbonyl (C=O) groups is 2. The Balaban J connectivity index is 1.64. The van der Waals surface area contributed by atoms with E-state index in [0.29, 0.717) is 13.0 Å². The van der Waals surface area contributed by atoms with Crippen molar-refractivity contribution in [1.29, 1.82) is 0 Å². The second-order valence-corrected chi connectivity index (χ2v) is 6.07. The quantitative estimate of drug-likeness (QED) is 0.848. The topological polar surface area (TPSA) is 67.4 Å². The van der Waals surface area contributed by atoms with Gasteiger partial charge in [-0.3, -0.25) is 9.59 Å². The first-order valence-corrected chi connectivity index (χ1v) is 8.52. The second kappa shape index (κ2) is 8.44. The first-order chi connectivity index (χ1) is 12.2. The molecule has 1 heterocycles. The van der Waals surface area contributed by atoms with Crippen molar-refractivity contribution in [2.75, 3.05) is 13.2 Å². The van der Waals surface area contributed by atoms with Gasteiger partial charge in [-0.15, -0.1) is 0 Å². The van der Waals surface area contributed by atoms with Gasteiger partial charge in [0.05, 0.1) is 0 Å². The fraction of sp³-hybridized carbons (Fsp3) is 0.300. The highest BCUT2D eigenvalue weighted by atomic mass is 16.5. The molecule has 0 bridgehead atoms. The normalized spacial score (nSPS) is 17.2. The Morgan fingerprint density at radius 2 is 1.68 bits per heavy atom. The first kappa shape index (κ1) is 17.2. The van der Waals surface area contributed by atoms with Gasteiger partial charge in [0.1, 0.15) is 18.8 Å². The van der Waals surface area contributed by atoms with Crippen molar-refractivity contribution in [3.05, 3.63) is 71.8 Å². The molecule has 0 aromatic heterocycles. The van der Waals surface area contributed by atoms with Crippen molar-refractivity contribution >= 4 is 11.8 Å². The molecule has 0 spiro atoms. The molecule has 5 nitrogen and oxygen atoms in total. The number of amides is 2. The molecule has 3 rings (SSSR count). The fourth-order valence-corrected chi connectivity index (χ4v) is 2.95. The third-order valence-corrected chi connectivity index (χ3v) is 4.21. The number of hydrogen-bond acceptors (Lipinski definition) is 3. The summed E-state index contributed by atoms with van der Waals surface area (Å²) in [6.45, 7) is 0.573. The number of hydrogen-bond donors (Lipinski definition) is 2. The summed E-state index contributed by atoms with van der Waals surface area (Å²) in [5.41, 5.74) is 1.97. The number of rotatable bonds is 6. The van der Waals surface area contributed by atoms with Crippen LogP contribution in [0.25, 0.3) is 0 Å². The third-order valence-electron chi connectivity index (χ3n) is 4.21. The van der Waals surface area contributed by atoms with Crippen molar-refractivity contribution in [2.45, 2.75) is 25.0 Å². The van der Waals surface area contributed by atoms with Crippen LogP contribution in [0.15, 0.2) is 60.7 Å². The zero-order chi connectivity index (χ0) is 17.5. The molecule has 1 fully saturated rings. The van der Waals surface area contributed by atoms with Gasteiger partial charge in [0.25, 0.3) is 0 Å². The molecule has 0 saturated carbocycles. The summed E-state index contributed by atoms with van der Waals surface area (Å²) in [7, 11) is 0. The van der Waals surface area contributed by atoms with E-state index in [1.54, 1.807) is 0 Å². The van der Waals surface area contributed by atoms with Crippen LogP contribution in [-0.2, 0) is 14.3 Å². The highest BCUT2D eigenvalue weighted by Crippen LogP contribution is 2.25. The molecular weight excluding hydrogens is 316 g/mol. The van der Waals surface area contributed by atoms with Crippen LogP contribution in [0.5, 0.6) is 0 Å². The SMILES string of the molecule is O=C(COC(c1ccccc1)c1ccccc1)N[C@@H]1CCCNC1=O. The molecule has 130 valence electrons. The van der Waals surface area contributed by atoms with Crippen LogP contribution < -0.4 is 10.6 Å². The minimum absolute atomic E-state index is 0.0990. The van der Waals surface area contributed by atoms with Gasteiger partial charge in [-0.05, 0) is 24.0 Å². The lowest BCUT2D eigenvalue weighted by molar-refractivity contribution is -0.133. The molecule has 2 aromatic rings. The summed E-state index contributed by atoms with van der Waals surface area (Å²) in [5.74, 6) is -0.402. The van der Waals surface area contributed by atoms with Gasteiger partial charge in [0.2, 0.25) is 11.8 Å². The van der Waals surface area contributed by atoms with Crippen LogP contribution >= 0.6 is 0 Å². The standard InChI is InChI=1S/C20H22N2O3/c23-18(22-17-12-7-13-21-20(17)24)14-25-19(15-8-3-1-4-9-15)16-10-5-2-6-11-16/h1-6,8-11,17,19H,7,12-14H2,(H,21,24)(H,22,23)/t17-/m1/s1. The van der Waals surface area contributed by atoms with E-state index in [1.165, 1.54) is 0 Å². The van der Waals surface area contributed by atoms with E-state index in [4.69, 9.17) is 4.74 Å². The van der Waals surface area contributed by atoms with Crippen LogP contribution in [0.3, 0.4) is 0 Å². The molecule has 25 heavy (non-hydrogen) atoms. The van der Waals surface area contributed by atoms with E-state index >= 15 is 0 Å². The van der Waals surface area contributed by atoms with Gasteiger partial charge in [0.15, 0.2) is 0 Å². The highest BCUT2D eigenvalue weighted by Gasteiger charge is 2.24. The van der Waals surface area contributed by atoms with Gasteiger partial charge >= 0.3 is 0 Å². The smallest absolute Gasteiger partial charge is 0.246 e. The summed E-state index contributed by atoms with van der Waals surface area (Å²) < 4.78 is 5.91. The Bertz CT molecular complexity index is 664. The molecule has 2 N–H and O–H groups in total. The number of benzene rings is 2. The molecule has 0 aliphatic carbocycles. The minimum Gasteiger partial charge on any atom is -0.359 e. The van der Waals surface area contributed by atoms with Crippen molar-refractivity contribution in [3.8, 4) is 0 Å². The van der Waals surface area contributed by atoms with E-state index in [2.05, 4.69) is 10.6 Å². The average Bonchev–Trinajstić information content (AvgIpc) is 2.66. The molecule has 5 heteroatoms. The number of carbonyl (C=O) groups excluding carboxylic acids is 2. The number of nitrogens with one attached hydrogen (secondary N) is 2. The average molecular weight is 338 g/mol. The molecule has 1 saturated heterocycles. The summed E-state index contributed by atoms with van der Waals surface area (Å²) in [6, 6.07) is 19.1. The largest absolute Gasteiger partial charge is 0.359 e. The minimum atomic E-state index is -0.461. The van der Waals surface area contributed by atoms with Crippen LogP contribution in [0, 0.1) is 0 Å².